The molecule has 0 atom stereocenters. The van der Waals surface area contributed by atoms with E-state index in [-0.39, 0.29) is 40.1 Å². The second-order valence-electron chi connectivity index (χ2n) is 18.7. The first-order valence-corrected chi connectivity index (χ1v) is 25.3. The van der Waals surface area contributed by atoms with E-state index in [0.29, 0.717) is 28.3 Å². The Morgan fingerprint density at radius 2 is 1.05 bits per heavy atom. The van der Waals surface area contributed by atoms with Gasteiger partial charge in [0.1, 0.15) is 51.8 Å². The number of hydrogen-bond acceptors (Lipinski definition) is 13. The van der Waals surface area contributed by atoms with Crippen LogP contribution < -0.4 is 0 Å². The van der Waals surface area contributed by atoms with Crippen molar-refractivity contribution in [3.63, 3.8) is 0 Å². The normalized spacial score (nSPS) is 14.8. The highest BCUT2D eigenvalue weighted by molar-refractivity contribution is 6.09. The van der Waals surface area contributed by atoms with Crippen LogP contribution >= 0.6 is 0 Å². The molecule has 0 saturated carbocycles. The van der Waals surface area contributed by atoms with Crippen molar-refractivity contribution in [1.82, 2.24) is 33.7 Å². The van der Waals surface area contributed by atoms with Crippen molar-refractivity contribution in [1.29, 1.82) is 0 Å². The lowest BCUT2D eigenvalue weighted by Crippen LogP contribution is -2.35. The van der Waals surface area contributed by atoms with Gasteiger partial charge >= 0.3 is 0 Å². The van der Waals surface area contributed by atoms with Crippen molar-refractivity contribution in [3.05, 3.63) is 186 Å². The number of pyridine rings is 2. The van der Waals surface area contributed by atoms with Gasteiger partial charge in [-0.2, -0.15) is 0 Å². The number of hydrogen-bond donors (Lipinski definition) is 5. The molecule has 4 aromatic heterocycles. The Balaban J connectivity index is 0.000000136. The van der Waals surface area contributed by atoms with Crippen LogP contribution in [0.25, 0.3) is 50.8 Å². The van der Waals surface area contributed by atoms with Gasteiger partial charge in [0.15, 0.2) is 0 Å². The summed E-state index contributed by atoms with van der Waals surface area (Å²) in [5, 5.41) is 51.9. The Hall–Kier alpha value is -8.34. The van der Waals surface area contributed by atoms with Crippen molar-refractivity contribution in [2.75, 3.05) is 52.6 Å². The number of rotatable bonds is 10. The lowest BCUT2D eigenvalue weighted by Gasteiger charge is -2.26. The predicted octanol–water partition coefficient (Wildman–Crippen LogP) is 9.73. The monoisotopic (exact) mass is 1010 g/mol. The number of benzene rings is 5. The number of carbonyl (C=O) groups is 1. The Morgan fingerprint density at radius 3 is 1.64 bits per heavy atom. The van der Waals surface area contributed by atoms with Crippen LogP contribution in [-0.4, -0.2) is 118 Å². The zero-order valence-electron chi connectivity index (χ0n) is 41.5. The number of nitrogens with zero attached hydrogens (tertiary/aromatic N) is 7. The van der Waals surface area contributed by atoms with Gasteiger partial charge in [0, 0.05) is 75.0 Å². The zero-order chi connectivity index (χ0) is 51.7. The van der Waals surface area contributed by atoms with Gasteiger partial charge in [-0.3, -0.25) is 24.0 Å². The molecule has 15 heteroatoms. The number of phenolic OH excluding ortho intramolecular Hbond substituents is 5. The van der Waals surface area contributed by atoms with E-state index in [4.69, 9.17) is 19.4 Å². The van der Waals surface area contributed by atoms with Crippen LogP contribution in [0.3, 0.4) is 0 Å². The summed E-state index contributed by atoms with van der Waals surface area (Å²) in [7, 11) is 0. The van der Waals surface area contributed by atoms with E-state index in [2.05, 4.69) is 25.4 Å². The number of phenols is 5. The molecule has 7 heterocycles. The topological polar surface area (TPSA) is 191 Å². The first kappa shape index (κ1) is 50.2. The first-order chi connectivity index (χ1) is 36.7. The van der Waals surface area contributed by atoms with Gasteiger partial charge in [0.05, 0.1) is 54.3 Å². The van der Waals surface area contributed by atoms with E-state index in [1.54, 1.807) is 60.8 Å². The van der Waals surface area contributed by atoms with Gasteiger partial charge in [0.2, 0.25) is 5.78 Å². The molecular weight excluding hydrogens is 947 g/mol. The molecule has 3 aliphatic rings. The van der Waals surface area contributed by atoms with Crippen LogP contribution in [0.2, 0.25) is 0 Å². The fourth-order valence-corrected chi connectivity index (χ4v) is 9.80. The van der Waals surface area contributed by atoms with Gasteiger partial charge in [-0.15, -0.1) is 0 Å². The molecule has 3 aliphatic heterocycles. The molecule has 0 aliphatic carbocycles. The smallest absolute Gasteiger partial charge is 0.215 e. The average molecular weight is 1010 g/mol. The maximum absolute atomic E-state index is 11.8. The SMILES string of the molecule is O=C(c1ccccn1)c1ccccc1O.Oc1ccccc1-c1nc(-c2ccc(CN3CCOCC3)cc2O)n2c1CCCC2.Oc1ccccc1-c1nc(-c2ccc(CN3CCOCC3)cc2O)n2ccccc12. The Morgan fingerprint density at radius 1 is 0.507 bits per heavy atom. The van der Waals surface area contributed by atoms with Crippen LogP contribution in [0.1, 0.15) is 45.7 Å². The predicted molar refractivity (Wildman–Crippen MR) is 287 cm³/mol. The van der Waals surface area contributed by atoms with Gasteiger partial charge in [-0.25, -0.2) is 9.97 Å². The van der Waals surface area contributed by atoms with E-state index < -0.39 is 0 Å². The summed E-state index contributed by atoms with van der Waals surface area (Å²) in [6, 6.07) is 43.5. The number of carbonyl (C=O) groups excluding carboxylic acids is 1. The standard InChI is InChI=1S/C24H27N3O3.C24H23N3O3.C12H9NO2/c2*28-21-7-2-1-5-18(21)23-20-6-3-4-10-27(20)24(25-23)19-9-8-17(15-22(19)29)16-26-11-13-30-14-12-26;14-11-7-2-1-5-9(11)12(15)10-6-3-4-8-13-10/h1-2,5,7-9,15,28-29H,3-4,6,10-14,16H2;1-10,15,28-29H,11-14,16H2;1-8,14H. The third-order valence-electron chi connectivity index (χ3n) is 13.7. The van der Waals surface area contributed by atoms with Gasteiger partial charge in [-0.05, 0) is 115 Å². The van der Waals surface area contributed by atoms with Crippen molar-refractivity contribution in [3.8, 4) is 74.0 Å². The number of aromatic nitrogens is 5. The van der Waals surface area contributed by atoms with Crippen LogP contribution in [0.5, 0.6) is 28.7 Å². The van der Waals surface area contributed by atoms with Gasteiger partial charge in [-0.1, -0.05) is 60.7 Å². The van der Waals surface area contributed by atoms with Crippen molar-refractivity contribution in [2.24, 2.45) is 0 Å². The van der Waals surface area contributed by atoms with Crippen LogP contribution in [0, 0.1) is 0 Å². The molecule has 5 aromatic carbocycles. The summed E-state index contributed by atoms with van der Waals surface area (Å²) in [6.45, 7) is 9.12. The molecule has 12 rings (SSSR count). The molecule has 382 valence electrons. The van der Waals surface area contributed by atoms with E-state index in [1.165, 1.54) is 6.07 Å². The summed E-state index contributed by atoms with van der Waals surface area (Å²) in [5.74, 6) is 1.99. The number of morpholine rings is 2. The number of aromatic hydroxyl groups is 5. The fourth-order valence-electron chi connectivity index (χ4n) is 9.80. The maximum atomic E-state index is 11.8. The third kappa shape index (κ3) is 11.4. The Labute approximate surface area is 434 Å². The van der Waals surface area contributed by atoms with Crippen LogP contribution in [0.15, 0.2) is 158 Å². The molecule has 0 radical (unpaired) electrons. The highest BCUT2D eigenvalue weighted by Gasteiger charge is 2.26. The summed E-state index contributed by atoms with van der Waals surface area (Å²) in [6.07, 6.45) is 6.59. The first-order valence-electron chi connectivity index (χ1n) is 25.3. The van der Waals surface area contributed by atoms with Crippen molar-refractivity contribution >= 4 is 11.3 Å². The molecule has 2 fully saturated rings. The minimum atomic E-state index is -0.270. The largest absolute Gasteiger partial charge is 0.507 e. The van der Waals surface area contributed by atoms with E-state index in [9.17, 15) is 30.3 Å². The van der Waals surface area contributed by atoms with Crippen LogP contribution in [-0.2, 0) is 35.5 Å². The van der Waals surface area contributed by atoms with Crippen molar-refractivity contribution in [2.45, 2.75) is 38.9 Å². The fraction of sp³-hybridized carbons (Fsp3) is 0.233. The molecule has 75 heavy (non-hydrogen) atoms. The Bertz CT molecular complexity index is 3420. The van der Waals surface area contributed by atoms with Crippen LogP contribution in [0.4, 0.5) is 0 Å². The summed E-state index contributed by atoms with van der Waals surface area (Å²) >= 11 is 0. The average Bonchev–Trinajstić information content (AvgIpc) is 4.02. The molecule has 5 N–H and O–H groups in total. The van der Waals surface area contributed by atoms with Gasteiger partial charge < -0.3 is 39.6 Å². The molecule has 0 bridgehead atoms. The number of ether oxygens (including phenoxy) is 2. The summed E-state index contributed by atoms with van der Waals surface area (Å²) < 4.78 is 15.0. The molecule has 9 aromatic rings. The molecule has 0 spiro atoms. The van der Waals surface area contributed by atoms with Gasteiger partial charge in [0.25, 0.3) is 0 Å². The molecule has 2 saturated heterocycles. The number of imidazole rings is 2. The lowest BCUT2D eigenvalue weighted by molar-refractivity contribution is 0.0341. The zero-order valence-corrected chi connectivity index (χ0v) is 41.5. The molecular formula is C60H59N7O8. The second-order valence-corrected chi connectivity index (χ2v) is 18.7. The third-order valence-corrected chi connectivity index (χ3v) is 13.7. The number of ketones is 1. The van der Waals surface area contributed by atoms with E-state index in [0.717, 1.165) is 136 Å². The highest BCUT2D eigenvalue weighted by atomic mass is 16.5. The quantitative estimate of drug-likeness (QED) is 0.0815. The molecule has 0 amide bonds. The number of para-hydroxylation sites is 3. The molecule has 15 nitrogen and oxygen atoms in total. The van der Waals surface area contributed by atoms with E-state index in [1.807, 2.05) is 89.5 Å². The number of fused-ring (bicyclic) bond motifs is 2. The lowest BCUT2D eigenvalue weighted by atomic mass is 10.0. The summed E-state index contributed by atoms with van der Waals surface area (Å²) in [5.41, 5.74) is 9.06. The highest BCUT2D eigenvalue weighted by Crippen LogP contribution is 2.40. The maximum Gasteiger partial charge on any atom is 0.215 e. The Kier molecular flexibility index (Phi) is 15.6. The molecule has 0 unspecified atom stereocenters. The minimum Gasteiger partial charge on any atom is -0.507 e. The second kappa shape index (κ2) is 23.3. The van der Waals surface area contributed by atoms with Crippen molar-refractivity contribution < 1.29 is 39.8 Å². The van der Waals surface area contributed by atoms with E-state index >= 15 is 0 Å². The summed E-state index contributed by atoms with van der Waals surface area (Å²) in [4.78, 5) is 30.2. The minimum absolute atomic E-state index is 0.0202.